The number of aromatic nitrogens is 1. The minimum absolute atomic E-state index is 0.0154. The van der Waals surface area contributed by atoms with E-state index in [1.165, 1.54) is 16.2 Å². The lowest BCUT2D eigenvalue weighted by atomic mass is 10.4. The van der Waals surface area contributed by atoms with Gasteiger partial charge in [-0.2, -0.15) is 0 Å². The third kappa shape index (κ3) is 4.32. The summed E-state index contributed by atoms with van der Waals surface area (Å²) < 4.78 is 0. The molecule has 0 saturated heterocycles. The van der Waals surface area contributed by atoms with Crippen LogP contribution in [0.3, 0.4) is 0 Å². The molecule has 1 aliphatic rings. The lowest BCUT2D eigenvalue weighted by Gasteiger charge is -2.15. The molecule has 2 rings (SSSR count). The van der Waals surface area contributed by atoms with E-state index in [1.807, 2.05) is 6.92 Å². The van der Waals surface area contributed by atoms with E-state index in [0.717, 1.165) is 19.3 Å². The number of hydrogen-bond donors (Lipinski definition) is 3. The van der Waals surface area contributed by atoms with Crippen molar-refractivity contribution in [1.82, 2.24) is 15.2 Å². The van der Waals surface area contributed by atoms with Crippen molar-refractivity contribution < 1.29 is 9.59 Å². The number of amides is 2. The Bertz CT molecular complexity index is 527. The molecule has 8 heteroatoms. The van der Waals surface area contributed by atoms with Crippen LogP contribution in [0, 0.1) is 0 Å². The van der Waals surface area contributed by atoms with Gasteiger partial charge in [-0.1, -0.05) is 18.3 Å². The van der Waals surface area contributed by atoms with Crippen molar-refractivity contribution in [3.8, 4) is 0 Å². The summed E-state index contributed by atoms with van der Waals surface area (Å²) >= 11 is 1.24. The average Bonchev–Trinajstić information content (AvgIpc) is 3.17. The number of nitrogens with one attached hydrogen (secondary N) is 2. The largest absolute Gasteiger partial charge is 0.382 e. The molecule has 1 aromatic heterocycles. The fourth-order valence-electron chi connectivity index (χ4n) is 1.73. The Balaban J connectivity index is 1.94. The maximum atomic E-state index is 12.3. The fraction of sp³-hybridized carbons (Fsp3) is 0.615. The number of carbonyl (C=O) groups is 2. The minimum atomic E-state index is -0.277. The number of hydrogen-bond acceptors (Lipinski definition) is 6. The lowest BCUT2D eigenvalue weighted by molar-refractivity contribution is -0.121. The van der Waals surface area contributed by atoms with Crippen LogP contribution >= 0.6 is 11.3 Å². The predicted molar refractivity (Wildman–Crippen MR) is 83.4 cm³/mol. The SMILES string of the molecule is CCCNC(=O)CN(C)C(=O)c1sc(NC2CC2)nc1N. The molecule has 7 nitrogen and oxygen atoms in total. The molecule has 116 valence electrons. The molecule has 0 atom stereocenters. The monoisotopic (exact) mass is 311 g/mol. The zero-order valence-corrected chi connectivity index (χ0v) is 13.1. The molecule has 0 aromatic carbocycles. The van der Waals surface area contributed by atoms with Crippen LogP contribution in [0.1, 0.15) is 35.9 Å². The number of nitrogens with two attached hydrogens (primary N) is 1. The second kappa shape index (κ2) is 6.75. The van der Waals surface area contributed by atoms with Gasteiger partial charge < -0.3 is 21.3 Å². The van der Waals surface area contributed by atoms with Crippen molar-refractivity contribution in [1.29, 1.82) is 0 Å². The van der Waals surface area contributed by atoms with E-state index in [9.17, 15) is 9.59 Å². The summed E-state index contributed by atoms with van der Waals surface area (Å²) in [5, 5.41) is 6.62. The molecule has 4 N–H and O–H groups in total. The highest BCUT2D eigenvalue weighted by molar-refractivity contribution is 7.18. The molecule has 0 spiro atoms. The van der Waals surface area contributed by atoms with Gasteiger partial charge in [0.1, 0.15) is 10.7 Å². The molecule has 1 aliphatic carbocycles. The second-order valence-electron chi connectivity index (χ2n) is 5.16. The molecular formula is C13H21N5O2S. The Morgan fingerprint density at radius 2 is 2.19 bits per heavy atom. The predicted octanol–water partition coefficient (Wildman–Crippen LogP) is 0.898. The molecule has 0 aliphatic heterocycles. The molecule has 1 aromatic rings. The highest BCUT2D eigenvalue weighted by atomic mass is 32.1. The van der Waals surface area contributed by atoms with Gasteiger partial charge >= 0.3 is 0 Å². The van der Waals surface area contributed by atoms with Gasteiger partial charge in [-0.3, -0.25) is 9.59 Å². The Morgan fingerprint density at radius 1 is 1.48 bits per heavy atom. The van der Waals surface area contributed by atoms with Gasteiger partial charge in [0.15, 0.2) is 5.13 Å². The van der Waals surface area contributed by atoms with Crippen LogP contribution in [0.15, 0.2) is 0 Å². The number of nitrogens with zero attached hydrogens (tertiary/aromatic N) is 2. The van der Waals surface area contributed by atoms with E-state index < -0.39 is 0 Å². The van der Waals surface area contributed by atoms with Crippen LogP contribution in [0.25, 0.3) is 0 Å². The molecule has 1 saturated carbocycles. The maximum absolute atomic E-state index is 12.3. The number of rotatable bonds is 7. The van der Waals surface area contributed by atoms with Crippen LogP contribution in [0.4, 0.5) is 10.9 Å². The van der Waals surface area contributed by atoms with Crippen molar-refractivity contribution in [3.05, 3.63) is 4.88 Å². The zero-order valence-electron chi connectivity index (χ0n) is 12.3. The summed E-state index contributed by atoms with van der Waals surface area (Å²) in [5.74, 6) is -0.235. The van der Waals surface area contributed by atoms with Gasteiger partial charge in [0, 0.05) is 19.6 Å². The summed E-state index contributed by atoms with van der Waals surface area (Å²) in [6.07, 6.45) is 3.11. The summed E-state index contributed by atoms with van der Waals surface area (Å²) in [6, 6.07) is 0.455. The standard InChI is InChI=1S/C13H21N5O2S/c1-3-6-15-9(19)7-18(2)12(20)10-11(14)17-13(21-10)16-8-4-5-8/h8H,3-7,14H2,1-2H3,(H,15,19)(H,16,17). The number of nitrogen functional groups attached to an aromatic ring is 1. The van der Waals surface area contributed by atoms with Gasteiger partial charge in [-0.15, -0.1) is 0 Å². The maximum Gasteiger partial charge on any atom is 0.268 e. The molecule has 2 amide bonds. The van der Waals surface area contributed by atoms with Crippen LogP contribution in [0.5, 0.6) is 0 Å². The van der Waals surface area contributed by atoms with Crippen molar-refractivity contribution >= 4 is 34.1 Å². The first-order chi connectivity index (χ1) is 10.0. The third-order valence-corrected chi connectivity index (χ3v) is 4.04. The first-order valence-electron chi connectivity index (χ1n) is 7.06. The van der Waals surface area contributed by atoms with Crippen molar-refractivity contribution in [2.75, 3.05) is 31.2 Å². The molecule has 21 heavy (non-hydrogen) atoms. The Hall–Kier alpha value is -1.83. The van der Waals surface area contributed by atoms with Crippen LogP contribution in [0.2, 0.25) is 0 Å². The first-order valence-corrected chi connectivity index (χ1v) is 7.88. The van der Waals surface area contributed by atoms with Gasteiger partial charge in [0.05, 0.1) is 6.54 Å². The Kier molecular flexibility index (Phi) is 5.00. The quantitative estimate of drug-likeness (QED) is 0.694. The van der Waals surface area contributed by atoms with E-state index in [2.05, 4.69) is 15.6 Å². The van der Waals surface area contributed by atoms with Gasteiger partial charge in [-0.05, 0) is 19.3 Å². The number of thiazole rings is 1. The number of likely N-dealkylation sites (N-methyl/N-ethyl adjacent to an activating group) is 1. The zero-order chi connectivity index (χ0) is 15.4. The third-order valence-electron chi connectivity index (χ3n) is 3.05. The molecule has 1 fully saturated rings. The van der Waals surface area contributed by atoms with Crippen LogP contribution in [-0.2, 0) is 4.79 Å². The first kappa shape index (κ1) is 15.6. The van der Waals surface area contributed by atoms with Gasteiger partial charge in [-0.25, -0.2) is 4.98 Å². The minimum Gasteiger partial charge on any atom is -0.382 e. The van der Waals surface area contributed by atoms with E-state index in [0.29, 0.717) is 22.6 Å². The second-order valence-corrected chi connectivity index (χ2v) is 6.16. The number of anilines is 2. The summed E-state index contributed by atoms with van der Waals surface area (Å²) in [6.45, 7) is 2.60. The summed E-state index contributed by atoms with van der Waals surface area (Å²) in [5.41, 5.74) is 5.80. The van der Waals surface area contributed by atoms with Crippen LogP contribution < -0.4 is 16.4 Å². The van der Waals surface area contributed by atoms with Crippen molar-refractivity contribution in [2.45, 2.75) is 32.2 Å². The van der Waals surface area contributed by atoms with E-state index >= 15 is 0 Å². The van der Waals surface area contributed by atoms with E-state index in [4.69, 9.17) is 5.73 Å². The Morgan fingerprint density at radius 3 is 2.81 bits per heavy atom. The molecule has 0 unspecified atom stereocenters. The van der Waals surface area contributed by atoms with Gasteiger partial charge in [0.2, 0.25) is 5.91 Å². The molecular weight excluding hydrogens is 290 g/mol. The fourth-order valence-corrected chi connectivity index (χ4v) is 2.69. The smallest absolute Gasteiger partial charge is 0.268 e. The van der Waals surface area contributed by atoms with Crippen LogP contribution in [-0.4, -0.2) is 47.9 Å². The summed E-state index contributed by atoms with van der Waals surface area (Å²) in [7, 11) is 1.58. The van der Waals surface area contributed by atoms with E-state index in [-0.39, 0.29) is 24.2 Å². The molecule has 1 heterocycles. The van der Waals surface area contributed by atoms with Crippen molar-refractivity contribution in [3.63, 3.8) is 0 Å². The normalized spacial score (nSPS) is 13.8. The average molecular weight is 311 g/mol. The van der Waals surface area contributed by atoms with Crippen molar-refractivity contribution in [2.24, 2.45) is 0 Å². The molecule has 0 radical (unpaired) electrons. The molecule has 0 bridgehead atoms. The van der Waals surface area contributed by atoms with E-state index in [1.54, 1.807) is 7.05 Å². The highest BCUT2D eigenvalue weighted by Gasteiger charge is 2.25. The number of carbonyl (C=O) groups excluding carboxylic acids is 2. The summed E-state index contributed by atoms with van der Waals surface area (Å²) in [4.78, 5) is 29.8. The lowest BCUT2D eigenvalue weighted by Crippen LogP contribution is -2.38. The van der Waals surface area contributed by atoms with Gasteiger partial charge in [0.25, 0.3) is 5.91 Å². The highest BCUT2D eigenvalue weighted by Crippen LogP contribution is 2.31. The topological polar surface area (TPSA) is 100 Å². The Labute approximate surface area is 127 Å².